The second-order valence-corrected chi connectivity index (χ2v) is 5.61. The first-order valence-electron chi connectivity index (χ1n) is 7.29. The Labute approximate surface area is 115 Å². The molecule has 3 heteroatoms. The van der Waals surface area contributed by atoms with Crippen LogP contribution >= 0.6 is 0 Å². The quantitative estimate of drug-likeness (QED) is 0.873. The second kappa shape index (κ2) is 6.71. The van der Waals surface area contributed by atoms with E-state index in [1.807, 2.05) is 37.3 Å². The van der Waals surface area contributed by atoms with Gasteiger partial charge in [-0.2, -0.15) is 0 Å². The van der Waals surface area contributed by atoms with E-state index in [0.717, 1.165) is 5.69 Å². The second-order valence-electron chi connectivity index (χ2n) is 5.61. The lowest BCUT2D eigenvalue weighted by Gasteiger charge is -2.31. The van der Waals surface area contributed by atoms with Crippen LogP contribution in [0.4, 0.5) is 5.69 Å². The zero-order valence-corrected chi connectivity index (χ0v) is 11.9. The maximum Gasteiger partial charge on any atom is 0.241 e. The van der Waals surface area contributed by atoms with Gasteiger partial charge in [-0.05, 0) is 37.8 Å². The van der Waals surface area contributed by atoms with Crippen molar-refractivity contribution in [1.29, 1.82) is 0 Å². The van der Waals surface area contributed by atoms with Crippen LogP contribution in [0.25, 0.3) is 0 Å². The van der Waals surface area contributed by atoms with Crippen molar-refractivity contribution in [1.82, 2.24) is 5.32 Å². The highest BCUT2D eigenvalue weighted by Crippen LogP contribution is 2.24. The Bertz CT molecular complexity index is 404. The lowest BCUT2D eigenvalue weighted by atomic mass is 9.85. The van der Waals surface area contributed by atoms with Gasteiger partial charge in [0.25, 0.3) is 0 Å². The van der Waals surface area contributed by atoms with Crippen molar-refractivity contribution in [2.45, 2.75) is 51.6 Å². The number of hydrogen-bond acceptors (Lipinski definition) is 2. The summed E-state index contributed by atoms with van der Waals surface area (Å²) in [6, 6.07) is 9.95. The first-order chi connectivity index (χ1) is 9.16. The van der Waals surface area contributed by atoms with Crippen LogP contribution in [0.5, 0.6) is 0 Å². The lowest BCUT2D eigenvalue weighted by Crippen LogP contribution is -2.47. The Balaban J connectivity index is 1.85. The molecule has 1 aromatic rings. The molecular weight excluding hydrogens is 236 g/mol. The minimum Gasteiger partial charge on any atom is -0.325 e. The molecular formula is C16H24N2O. The summed E-state index contributed by atoms with van der Waals surface area (Å²) in [5.74, 6) is 0.713. The minimum absolute atomic E-state index is 0.0453. The van der Waals surface area contributed by atoms with E-state index in [1.54, 1.807) is 0 Å². The van der Waals surface area contributed by atoms with Gasteiger partial charge in [0.1, 0.15) is 0 Å². The minimum atomic E-state index is -0.147. The van der Waals surface area contributed by atoms with Crippen LogP contribution in [0.15, 0.2) is 30.3 Å². The Hall–Kier alpha value is -1.35. The van der Waals surface area contributed by atoms with E-state index in [1.165, 1.54) is 25.7 Å². The number of nitrogens with one attached hydrogen (secondary N) is 2. The summed E-state index contributed by atoms with van der Waals surface area (Å²) in [4.78, 5) is 12.1. The fourth-order valence-corrected chi connectivity index (χ4v) is 2.73. The third-order valence-electron chi connectivity index (χ3n) is 4.01. The molecule has 2 N–H and O–H groups in total. The number of benzene rings is 1. The molecule has 0 bridgehead atoms. The van der Waals surface area contributed by atoms with E-state index in [0.29, 0.717) is 12.0 Å². The number of rotatable bonds is 4. The lowest BCUT2D eigenvalue weighted by molar-refractivity contribution is -0.118. The third-order valence-corrected chi connectivity index (χ3v) is 4.01. The van der Waals surface area contributed by atoms with Gasteiger partial charge >= 0.3 is 0 Å². The normalized spacial score (nSPS) is 24.7. The van der Waals surface area contributed by atoms with Crippen LogP contribution in [0, 0.1) is 5.92 Å². The molecule has 0 saturated heterocycles. The summed E-state index contributed by atoms with van der Waals surface area (Å²) >= 11 is 0. The molecule has 1 amide bonds. The molecule has 3 atom stereocenters. The highest BCUT2D eigenvalue weighted by atomic mass is 16.2. The zero-order chi connectivity index (χ0) is 13.7. The molecule has 1 fully saturated rings. The summed E-state index contributed by atoms with van der Waals surface area (Å²) in [5.41, 5.74) is 0.859. The fourth-order valence-electron chi connectivity index (χ4n) is 2.73. The summed E-state index contributed by atoms with van der Waals surface area (Å²) in [7, 11) is 0. The molecule has 1 saturated carbocycles. The predicted molar refractivity (Wildman–Crippen MR) is 79.1 cm³/mol. The summed E-state index contributed by atoms with van der Waals surface area (Å²) in [6.45, 7) is 4.22. The highest BCUT2D eigenvalue weighted by molar-refractivity contribution is 5.94. The number of amides is 1. The molecule has 0 aromatic heterocycles. The summed E-state index contributed by atoms with van der Waals surface area (Å²) in [5, 5.41) is 6.42. The van der Waals surface area contributed by atoms with Gasteiger partial charge in [0.15, 0.2) is 0 Å². The van der Waals surface area contributed by atoms with Crippen LogP contribution in [-0.4, -0.2) is 18.0 Å². The van der Waals surface area contributed by atoms with Crippen molar-refractivity contribution < 1.29 is 4.79 Å². The Morgan fingerprint density at radius 1 is 1.21 bits per heavy atom. The van der Waals surface area contributed by atoms with Gasteiger partial charge in [0.05, 0.1) is 6.04 Å². The van der Waals surface area contributed by atoms with E-state index in [4.69, 9.17) is 0 Å². The molecule has 0 aliphatic heterocycles. The van der Waals surface area contributed by atoms with Gasteiger partial charge in [-0.1, -0.05) is 38.0 Å². The number of carbonyl (C=O) groups is 1. The predicted octanol–water partition coefficient (Wildman–Crippen LogP) is 3.18. The van der Waals surface area contributed by atoms with Crippen molar-refractivity contribution in [2.24, 2.45) is 5.92 Å². The monoisotopic (exact) mass is 260 g/mol. The van der Waals surface area contributed by atoms with Crippen LogP contribution in [0.2, 0.25) is 0 Å². The Morgan fingerprint density at radius 3 is 2.58 bits per heavy atom. The molecule has 0 spiro atoms. The number of carbonyl (C=O) groups excluding carboxylic acids is 1. The molecule has 0 radical (unpaired) electrons. The first kappa shape index (κ1) is 14.1. The summed E-state index contributed by atoms with van der Waals surface area (Å²) in [6.07, 6.45) is 5.05. The van der Waals surface area contributed by atoms with Crippen molar-refractivity contribution >= 4 is 11.6 Å². The largest absolute Gasteiger partial charge is 0.325 e. The van der Waals surface area contributed by atoms with Crippen LogP contribution < -0.4 is 10.6 Å². The summed E-state index contributed by atoms with van der Waals surface area (Å²) < 4.78 is 0. The van der Waals surface area contributed by atoms with E-state index < -0.39 is 0 Å². The number of hydrogen-bond donors (Lipinski definition) is 2. The first-order valence-corrected chi connectivity index (χ1v) is 7.29. The molecule has 1 aliphatic rings. The zero-order valence-electron chi connectivity index (χ0n) is 11.9. The van der Waals surface area contributed by atoms with Gasteiger partial charge in [-0.15, -0.1) is 0 Å². The molecule has 0 heterocycles. The van der Waals surface area contributed by atoms with Crippen LogP contribution in [0.1, 0.15) is 39.5 Å². The van der Waals surface area contributed by atoms with Crippen molar-refractivity contribution in [3.8, 4) is 0 Å². The smallest absolute Gasteiger partial charge is 0.241 e. The molecule has 0 unspecified atom stereocenters. The van der Waals surface area contributed by atoms with E-state index in [-0.39, 0.29) is 11.9 Å². The Morgan fingerprint density at radius 2 is 1.89 bits per heavy atom. The maximum absolute atomic E-state index is 12.1. The van der Waals surface area contributed by atoms with Crippen LogP contribution in [-0.2, 0) is 4.79 Å². The molecule has 3 nitrogen and oxygen atoms in total. The molecule has 1 aromatic carbocycles. The fraction of sp³-hybridized carbons (Fsp3) is 0.562. The van der Waals surface area contributed by atoms with E-state index in [2.05, 4.69) is 17.6 Å². The molecule has 2 rings (SSSR count). The van der Waals surface area contributed by atoms with Gasteiger partial charge in [0, 0.05) is 11.7 Å². The van der Waals surface area contributed by atoms with Gasteiger partial charge in [-0.3, -0.25) is 4.79 Å². The SMILES string of the molecule is C[C@H](N[C@@H]1CCCC[C@@H]1C)C(=O)Nc1ccccc1. The third kappa shape index (κ3) is 4.06. The molecule has 104 valence electrons. The topological polar surface area (TPSA) is 41.1 Å². The van der Waals surface area contributed by atoms with Crippen molar-refractivity contribution in [3.05, 3.63) is 30.3 Å². The van der Waals surface area contributed by atoms with Crippen molar-refractivity contribution in [2.75, 3.05) is 5.32 Å². The average molecular weight is 260 g/mol. The maximum atomic E-state index is 12.1. The number of para-hydroxylation sites is 1. The number of anilines is 1. The Kier molecular flexibility index (Phi) is 4.97. The highest BCUT2D eigenvalue weighted by Gasteiger charge is 2.24. The molecule has 19 heavy (non-hydrogen) atoms. The van der Waals surface area contributed by atoms with Gasteiger partial charge < -0.3 is 10.6 Å². The standard InChI is InChI=1S/C16H24N2O/c1-12-8-6-7-11-15(12)17-13(2)16(19)18-14-9-4-3-5-10-14/h3-5,9-10,12-13,15,17H,6-8,11H2,1-2H3,(H,18,19)/t12-,13-,15+/m0/s1. The van der Waals surface area contributed by atoms with E-state index >= 15 is 0 Å². The van der Waals surface area contributed by atoms with Crippen LogP contribution in [0.3, 0.4) is 0 Å². The average Bonchev–Trinajstić information content (AvgIpc) is 2.42. The van der Waals surface area contributed by atoms with Crippen molar-refractivity contribution in [3.63, 3.8) is 0 Å². The van der Waals surface area contributed by atoms with E-state index in [9.17, 15) is 4.79 Å². The molecule has 1 aliphatic carbocycles. The van der Waals surface area contributed by atoms with Gasteiger partial charge in [0.2, 0.25) is 5.91 Å². The van der Waals surface area contributed by atoms with Gasteiger partial charge in [-0.25, -0.2) is 0 Å².